The zero-order valence-corrected chi connectivity index (χ0v) is 7.78. The van der Waals surface area contributed by atoms with Crippen LogP contribution in [0.5, 0.6) is 0 Å². The number of nitrogens with zero attached hydrogens (tertiary/aromatic N) is 5. The van der Waals surface area contributed by atoms with Gasteiger partial charge >= 0.3 is 0 Å². The Kier molecular flexibility index (Phi) is 1.68. The quantitative estimate of drug-likeness (QED) is 0.588. The number of benzene rings is 1. The van der Waals surface area contributed by atoms with Crippen molar-refractivity contribution in [1.82, 2.24) is 25.0 Å². The molecule has 0 atom stereocenters. The van der Waals surface area contributed by atoms with Gasteiger partial charge in [0.25, 0.3) is 5.95 Å². The summed E-state index contributed by atoms with van der Waals surface area (Å²) in [5, 5.41) is 8.04. The molecule has 3 rings (SSSR count). The lowest BCUT2D eigenvalue weighted by atomic mass is 10.3. The minimum Gasteiger partial charge on any atom is -0.220 e. The molecule has 0 amide bonds. The number of aromatic nitrogens is 5. The van der Waals surface area contributed by atoms with Crippen LogP contribution < -0.4 is 0 Å². The van der Waals surface area contributed by atoms with Gasteiger partial charge in [-0.15, -0.1) is 5.10 Å². The Morgan fingerprint density at radius 3 is 2.60 bits per heavy atom. The predicted molar refractivity (Wildman–Crippen MR) is 54.5 cm³/mol. The second kappa shape index (κ2) is 3.13. The molecule has 0 saturated carbocycles. The number of fused-ring (bicyclic) bond motifs is 1. The maximum atomic E-state index is 4.12. The summed E-state index contributed by atoms with van der Waals surface area (Å²) < 4.78 is 1.62. The lowest BCUT2D eigenvalue weighted by molar-refractivity contribution is 0.773. The molecule has 0 radical (unpaired) electrons. The average molecular weight is 197 g/mol. The second-order valence-electron chi connectivity index (χ2n) is 3.04. The van der Waals surface area contributed by atoms with Gasteiger partial charge in [-0.2, -0.15) is 4.68 Å². The molecule has 5 nitrogen and oxygen atoms in total. The first-order valence-electron chi connectivity index (χ1n) is 4.53. The number of para-hydroxylation sites is 1. The third kappa shape index (κ3) is 1.25. The van der Waals surface area contributed by atoms with Crippen LogP contribution in [0, 0.1) is 0 Å². The Labute approximate surface area is 85.4 Å². The molecule has 3 aromatic rings. The van der Waals surface area contributed by atoms with Crippen molar-refractivity contribution in [3.05, 3.63) is 42.7 Å². The third-order valence-corrected chi connectivity index (χ3v) is 2.09. The fourth-order valence-corrected chi connectivity index (χ4v) is 1.42. The maximum Gasteiger partial charge on any atom is 0.252 e. The normalized spacial score (nSPS) is 10.7. The van der Waals surface area contributed by atoms with E-state index in [1.807, 2.05) is 24.3 Å². The summed E-state index contributed by atoms with van der Waals surface area (Å²) in [6, 6.07) is 9.47. The van der Waals surface area contributed by atoms with E-state index >= 15 is 0 Å². The van der Waals surface area contributed by atoms with Crippen LogP contribution in [0.1, 0.15) is 0 Å². The lowest BCUT2D eigenvalue weighted by Gasteiger charge is -1.97. The maximum absolute atomic E-state index is 4.12. The van der Waals surface area contributed by atoms with E-state index in [9.17, 15) is 0 Å². The molecule has 0 fully saturated rings. The van der Waals surface area contributed by atoms with Crippen LogP contribution in [0.25, 0.3) is 17.0 Å². The van der Waals surface area contributed by atoms with Crippen molar-refractivity contribution in [2.24, 2.45) is 0 Å². The summed E-state index contributed by atoms with van der Waals surface area (Å²) in [7, 11) is 0. The first kappa shape index (κ1) is 8.05. The lowest BCUT2D eigenvalue weighted by Crippen LogP contribution is -2.01. The molecule has 2 aromatic heterocycles. The highest BCUT2D eigenvalue weighted by Crippen LogP contribution is 2.11. The van der Waals surface area contributed by atoms with Crippen LogP contribution in [0.3, 0.4) is 0 Å². The molecule has 1 aromatic carbocycles. The highest BCUT2D eigenvalue weighted by Gasteiger charge is 2.06. The minimum atomic E-state index is 0.534. The van der Waals surface area contributed by atoms with Crippen molar-refractivity contribution >= 4 is 11.0 Å². The SMILES string of the molecule is c1cnc(-n2nnc3ccccc32)nc1. The van der Waals surface area contributed by atoms with Crippen LogP contribution in [0.15, 0.2) is 42.7 Å². The van der Waals surface area contributed by atoms with Crippen molar-refractivity contribution < 1.29 is 0 Å². The summed E-state index contributed by atoms with van der Waals surface area (Å²) >= 11 is 0. The molecule has 0 N–H and O–H groups in total. The summed E-state index contributed by atoms with van der Waals surface area (Å²) in [6.07, 6.45) is 3.36. The van der Waals surface area contributed by atoms with Crippen LogP contribution in [0.4, 0.5) is 0 Å². The monoisotopic (exact) mass is 197 g/mol. The molecule has 0 aliphatic rings. The highest BCUT2D eigenvalue weighted by molar-refractivity contribution is 5.75. The van der Waals surface area contributed by atoms with Crippen LogP contribution in [0.2, 0.25) is 0 Å². The van der Waals surface area contributed by atoms with Crippen molar-refractivity contribution in [3.63, 3.8) is 0 Å². The Hall–Kier alpha value is -2.30. The zero-order valence-electron chi connectivity index (χ0n) is 7.78. The van der Waals surface area contributed by atoms with Crippen LogP contribution in [-0.4, -0.2) is 25.0 Å². The van der Waals surface area contributed by atoms with Crippen LogP contribution >= 0.6 is 0 Å². The topological polar surface area (TPSA) is 56.5 Å². The Morgan fingerprint density at radius 2 is 1.73 bits per heavy atom. The van der Waals surface area contributed by atoms with E-state index in [0.717, 1.165) is 11.0 Å². The van der Waals surface area contributed by atoms with Gasteiger partial charge < -0.3 is 0 Å². The molecule has 15 heavy (non-hydrogen) atoms. The summed E-state index contributed by atoms with van der Waals surface area (Å²) in [5.74, 6) is 0.534. The second-order valence-corrected chi connectivity index (χ2v) is 3.04. The van der Waals surface area contributed by atoms with Gasteiger partial charge in [0, 0.05) is 12.4 Å². The van der Waals surface area contributed by atoms with Gasteiger partial charge in [0.15, 0.2) is 0 Å². The van der Waals surface area contributed by atoms with E-state index in [2.05, 4.69) is 20.3 Å². The smallest absolute Gasteiger partial charge is 0.220 e. The number of hydrogen-bond acceptors (Lipinski definition) is 4. The molecular weight excluding hydrogens is 190 g/mol. The molecule has 0 spiro atoms. The predicted octanol–water partition coefficient (Wildman–Crippen LogP) is 1.21. The molecule has 0 aliphatic carbocycles. The molecule has 0 bridgehead atoms. The molecule has 0 saturated heterocycles. The van der Waals surface area contributed by atoms with Gasteiger partial charge in [-0.05, 0) is 18.2 Å². The summed E-state index contributed by atoms with van der Waals surface area (Å²) in [6.45, 7) is 0. The fraction of sp³-hybridized carbons (Fsp3) is 0. The average Bonchev–Trinajstić information content (AvgIpc) is 2.74. The van der Waals surface area contributed by atoms with Crippen LogP contribution in [-0.2, 0) is 0 Å². The standard InChI is InChI=1S/C10H7N5/c1-2-5-9-8(4-1)13-14-15(9)10-11-6-3-7-12-10/h1-7H. The molecule has 0 aliphatic heterocycles. The Morgan fingerprint density at radius 1 is 0.933 bits per heavy atom. The van der Waals surface area contributed by atoms with E-state index in [4.69, 9.17) is 0 Å². The van der Waals surface area contributed by atoms with E-state index in [0.29, 0.717) is 5.95 Å². The molecule has 0 unspecified atom stereocenters. The largest absolute Gasteiger partial charge is 0.252 e. The summed E-state index contributed by atoms with van der Waals surface area (Å²) in [5.41, 5.74) is 1.74. The van der Waals surface area contributed by atoms with Gasteiger partial charge in [0.2, 0.25) is 0 Å². The fourth-order valence-electron chi connectivity index (χ4n) is 1.42. The van der Waals surface area contributed by atoms with Crippen molar-refractivity contribution in [3.8, 4) is 5.95 Å². The van der Waals surface area contributed by atoms with Gasteiger partial charge in [0.1, 0.15) is 5.52 Å². The minimum absolute atomic E-state index is 0.534. The summed E-state index contributed by atoms with van der Waals surface area (Å²) in [4.78, 5) is 8.24. The number of hydrogen-bond donors (Lipinski definition) is 0. The van der Waals surface area contributed by atoms with Gasteiger partial charge in [-0.1, -0.05) is 17.3 Å². The first-order valence-corrected chi connectivity index (χ1v) is 4.53. The zero-order chi connectivity index (χ0) is 10.1. The van der Waals surface area contributed by atoms with Gasteiger partial charge in [-0.3, -0.25) is 0 Å². The van der Waals surface area contributed by atoms with Gasteiger partial charge in [-0.25, -0.2) is 9.97 Å². The highest BCUT2D eigenvalue weighted by atomic mass is 15.5. The molecule has 2 heterocycles. The van der Waals surface area contributed by atoms with Crippen molar-refractivity contribution in [1.29, 1.82) is 0 Å². The molecule has 72 valence electrons. The van der Waals surface area contributed by atoms with E-state index in [1.54, 1.807) is 23.1 Å². The first-order chi connectivity index (χ1) is 7.45. The molecular formula is C10H7N5. The van der Waals surface area contributed by atoms with E-state index in [1.165, 1.54) is 0 Å². The molecule has 5 heteroatoms. The van der Waals surface area contributed by atoms with E-state index < -0.39 is 0 Å². The van der Waals surface area contributed by atoms with E-state index in [-0.39, 0.29) is 0 Å². The Balaban J connectivity index is 2.28. The van der Waals surface area contributed by atoms with Crippen molar-refractivity contribution in [2.45, 2.75) is 0 Å². The number of rotatable bonds is 1. The third-order valence-electron chi connectivity index (χ3n) is 2.09. The Bertz CT molecular complexity index is 587. The van der Waals surface area contributed by atoms with Gasteiger partial charge in [0.05, 0.1) is 5.52 Å². The van der Waals surface area contributed by atoms with Crippen molar-refractivity contribution in [2.75, 3.05) is 0 Å².